The minimum Gasteiger partial charge on any atom is -0.387 e. The van der Waals surface area contributed by atoms with Gasteiger partial charge in [-0.15, -0.1) is 0 Å². The summed E-state index contributed by atoms with van der Waals surface area (Å²) in [7, 11) is 2.11. The van der Waals surface area contributed by atoms with Crippen LogP contribution in [0.15, 0.2) is 0 Å². The third-order valence-electron chi connectivity index (χ3n) is 2.55. The summed E-state index contributed by atoms with van der Waals surface area (Å²) < 4.78 is 0. The zero-order valence-corrected chi connectivity index (χ0v) is 10.5. The maximum atomic E-state index is 7.34. The number of nitrogens with two attached hydrogens (primary N) is 1. The predicted octanol–water partition coefficient (Wildman–Crippen LogP) is 1.63. The van der Waals surface area contributed by atoms with Crippen LogP contribution in [0.1, 0.15) is 20.3 Å². The second-order valence-electron chi connectivity index (χ2n) is 3.81. The highest BCUT2D eigenvalue weighted by Gasteiger charge is 2.15. The molecular weight excluding hydrogens is 194 g/mol. The molecule has 0 bridgehead atoms. The summed E-state index contributed by atoms with van der Waals surface area (Å²) in [5.41, 5.74) is 5.45. The molecule has 0 fully saturated rings. The molecule has 2 atom stereocenters. The molecule has 0 amide bonds. The molecule has 14 heavy (non-hydrogen) atoms. The van der Waals surface area contributed by atoms with Crippen molar-refractivity contribution < 1.29 is 0 Å². The highest BCUT2D eigenvalue weighted by Crippen LogP contribution is 2.10. The van der Waals surface area contributed by atoms with Crippen LogP contribution >= 0.6 is 11.8 Å². The van der Waals surface area contributed by atoms with Gasteiger partial charge in [-0.1, -0.05) is 13.8 Å². The molecule has 84 valence electrons. The predicted molar refractivity (Wildman–Crippen MR) is 66.2 cm³/mol. The van der Waals surface area contributed by atoms with Crippen molar-refractivity contribution in [2.45, 2.75) is 26.3 Å². The van der Waals surface area contributed by atoms with Gasteiger partial charge in [0.25, 0.3) is 0 Å². The van der Waals surface area contributed by atoms with Gasteiger partial charge in [0.2, 0.25) is 0 Å². The number of amidine groups is 1. The minimum absolute atomic E-state index is 0.163. The Morgan fingerprint density at radius 2 is 2.14 bits per heavy atom. The average molecular weight is 217 g/mol. The fourth-order valence-electron chi connectivity index (χ4n) is 1.43. The van der Waals surface area contributed by atoms with Crippen LogP contribution in [-0.4, -0.2) is 42.4 Å². The number of hydrogen-bond donors (Lipinski definition) is 2. The van der Waals surface area contributed by atoms with E-state index in [-0.39, 0.29) is 11.8 Å². The molecule has 3 nitrogen and oxygen atoms in total. The monoisotopic (exact) mass is 217 g/mol. The Bertz CT molecular complexity index is 173. The van der Waals surface area contributed by atoms with Crippen LogP contribution in [0.25, 0.3) is 0 Å². The molecule has 0 aromatic rings. The van der Waals surface area contributed by atoms with Crippen molar-refractivity contribution in [2.24, 2.45) is 11.7 Å². The van der Waals surface area contributed by atoms with Gasteiger partial charge < -0.3 is 10.6 Å². The van der Waals surface area contributed by atoms with Crippen molar-refractivity contribution in [2.75, 3.05) is 25.6 Å². The SMILES string of the molecule is CCC(CSC)N(C)CC(C)C(=N)N. The number of thioether (sulfide) groups is 1. The van der Waals surface area contributed by atoms with E-state index in [1.807, 2.05) is 18.7 Å². The Morgan fingerprint density at radius 3 is 2.50 bits per heavy atom. The Balaban J connectivity index is 4.02. The molecular formula is C10H23N3S. The van der Waals surface area contributed by atoms with E-state index in [4.69, 9.17) is 11.1 Å². The third kappa shape index (κ3) is 4.86. The van der Waals surface area contributed by atoms with E-state index in [1.54, 1.807) is 0 Å². The third-order valence-corrected chi connectivity index (χ3v) is 3.26. The lowest BCUT2D eigenvalue weighted by molar-refractivity contribution is 0.242. The summed E-state index contributed by atoms with van der Waals surface area (Å²) in [6.07, 6.45) is 3.28. The molecule has 0 saturated heterocycles. The van der Waals surface area contributed by atoms with Crippen LogP contribution in [-0.2, 0) is 0 Å². The van der Waals surface area contributed by atoms with E-state index in [9.17, 15) is 0 Å². The van der Waals surface area contributed by atoms with Crippen LogP contribution in [0.3, 0.4) is 0 Å². The maximum absolute atomic E-state index is 7.34. The van der Waals surface area contributed by atoms with Gasteiger partial charge in [-0.2, -0.15) is 11.8 Å². The lowest BCUT2D eigenvalue weighted by Gasteiger charge is -2.28. The first-order valence-corrected chi connectivity index (χ1v) is 6.45. The average Bonchev–Trinajstić information content (AvgIpc) is 2.13. The number of nitrogens with zero attached hydrogens (tertiary/aromatic N) is 1. The second-order valence-corrected chi connectivity index (χ2v) is 4.72. The zero-order valence-electron chi connectivity index (χ0n) is 9.71. The molecule has 0 aromatic carbocycles. The molecule has 0 aromatic heterocycles. The lowest BCUT2D eigenvalue weighted by Crippen LogP contribution is -2.39. The van der Waals surface area contributed by atoms with Crippen molar-refractivity contribution in [3.05, 3.63) is 0 Å². The molecule has 0 rings (SSSR count). The van der Waals surface area contributed by atoms with E-state index >= 15 is 0 Å². The topological polar surface area (TPSA) is 53.1 Å². The molecule has 0 aliphatic rings. The van der Waals surface area contributed by atoms with Gasteiger partial charge in [-0.3, -0.25) is 5.41 Å². The van der Waals surface area contributed by atoms with Crippen LogP contribution in [0.4, 0.5) is 0 Å². The van der Waals surface area contributed by atoms with Crippen LogP contribution in [0.2, 0.25) is 0 Å². The fraction of sp³-hybridized carbons (Fsp3) is 0.900. The standard InChI is InChI=1S/C10H23N3S/c1-5-9(7-14-4)13(3)6-8(2)10(11)12/h8-9H,5-7H2,1-4H3,(H3,11,12). The Kier molecular flexibility index (Phi) is 7.01. The first kappa shape index (κ1) is 13.8. The summed E-state index contributed by atoms with van der Waals surface area (Å²) >= 11 is 1.87. The van der Waals surface area contributed by atoms with E-state index in [2.05, 4.69) is 25.1 Å². The summed E-state index contributed by atoms with van der Waals surface area (Å²) in [5, 5.41) is 7.34. The largest absolute Gasteiger partial charge is 0.387 e. The lowest BCUT2D eigenvalue weighted by atomic mass is 10.1. The van der Waals surface area contributed by atoms with Crippen LogP contribution < -0.4 is 5.73 Å². The van der Waals surface area contributed by atoms with Gasteiger partial charge in [-0.25, -0.2) is 0 Å². The minimum atomic E-state index is 0.163. The smallest absolute Gasteiger partial charge is 0.0947 e. The highest BCUT2D eigenvalue weighted by atomic mass is 32.2. The van der Waals surface area contributed by atoms with E-state index in [0.717, 1.165) is 18.7 Å². The number of nitrogens with one attached hydrogen (secondary N) is 1. The Hall–Kier alpha value is -0.220. The van der Waals surface area contributed by atoms with E-state index in [0.29, 0.717) is 6.04 Å². The Labute approximate surface area is 91.9 Å². The normalized spacial score (nSPS) is 15.5. The summed E-state index contributed by atoms with van der Waals surface area (Å²) in [4.78, 5) is 2.31. The van der Waals surface area contributed by atoms with E-state index < -0.39 is 0 Å². The highest BCUT2D eigenvalue weighted by molar-refractivity contribution is 7.98. The molecule has 0 aliphatic heterocycles. The van der Waals surface area contributed by atoms with Crippen LogP contribution in [0.5, 0.6) is 0 Å². The van der Waals surface area contributed by atoms with Gasteiger partial charge in [0.1, 0.15) is 0 Å². The van der Waals surface area contributed by atoms with Crippen LogP contribution in [0, 0.1) is 11.3 Å². The molecule has 0 heterocycles. The molecule has 2 unspecified atom stereocenters. The second kappa shape index (κ2) is 7.12. The van der Waals surface area contributed by atoms with Crippen molar-refractivity contribution in [1.29, 1.82) is 5.41 Å². The molecule has 0 aliphatic carbocycles. The fourth-order valence-corrected chi connectivity index (χ4v) is 2.30. The first-order valence-electron chi connectivity index (χ1n) is 5.06. The van der Waals surface area contributed by atoms with Gasteiger partial charge in [0, 0.05) is 24.3 Å². The molecule has 0 radical (unpaired) electrons. The summed E-state index contributed by atoms with van der Waals surface area (Å²) in [6, 6.07) is 0.604. The van der Waals surface area contributed by atoms with Crippen molar-refractivity contribution in [1.82, 2.24) is 4.90 Å². The number of hydrogen-bond acceptors (Lipinski definition) is 3. The van der Waals surface area contributed by atoms with Crippen molar-refractivity contribution in [3.8, 4) is 0 Å². The van der Waals surface area contributed by atoms with E-state index in [1.165, 1.54) is 0 Å². The quantitative estimate of drug-likeness (QED) is 0.503. The first-order chi connectivity index (χ1) is 6.52. The summed E-state index contributed by atoms with van der Waals surface area (Å²) in [6.45, 7) is 5.09. The van der Waals surface area contributed by atoms with Gasteiger partial charge in [0.15, 0.2) is 0 Å². The number of rotatable bonds is 7. The Morgan fingerprint density at radius 1 is 1.57 bits per heavy atom. The van der Waals surface area contributed by atoms with Gasteiger partial charge >= 0.3 is 0 Å². The van der Waals surface area contributed by atoms with Gasteiger partial charge in [0.05, 0.1) is 5.84 Å². The summed E-state index contributed by atoms with van der Waals surface area (Å²) in [5.74, 6) is 1.60. The molecule has 0 saturated carbocycles. The molecule has 0 spiro atoms. The maximum Gasteiger partial charge on any atom is 0.0947 e. The van der Waals surface area contributed by atoms with Crippen molar-refractivity contribution >= 4 is 17.6 Å². The molecule has 3 N–H and O–H groups in total. The molecule has 4 heteroatoms. The van der Waals surface area contributed by atoms with Gasteiger partial charge in [-0.05, 0) is 19.7 Å². The zero-order chi connectivity index (χ0) is 11.1. The van der Waals surface area contributed by atoms with Crippen molar-refractivity contribution in [3.63, 3.8) is 0 Å².